The standard InChI is InChI=1S/C20H16Cl3NO3/c21-20(22,23)13-27-19(26)24-11-10-14-6-4-5-9-16(14)17(24)12-18(25)15-7-2-1-3-8-15/h1-11,17H,12-13H2. The fraction of sp³-hybridized carbons (Fsp3) is 0.200. The highest BCUT2D eigenvalue weighted by Gasteiger charge is 2.32. The number of rotatable bonds is 4. The minimum atomic E-state index is -1.71. The van der Waals surface area contributed by atoms with Crippen molar-refractivity contribution in [3.05, 3.63) is 77.5 Å². The lowest BCUT2D eigenvalue weighted by atomic mass is 9.91. The number of carbonyl (C=O) groups excluding carboxylic acids is 2. The molecule has 2 aromatic rings. The number of ether oxygens (including phenoxy) is 1. The molecular weight excluding hydrogens is 409 g/mol. The Balaban J connectivity index is 1.86. The van der Waals surface area contributed by atoms with Crippen LogP contribution in [0.25, 0.3) is 6.08 Å². The molecule has 0 aromatic heterocycles. The molecule has 7 heteroatoms. The highest BCUT2D eigenvalue weighted by atomic mass is 35.6. The number of halogens is 3. The van der Waals surface area contributed by atoms with Gasteiger partial charge in [-0.15, -0.1) is 0 Å². The minimum absolute atomic E-state index is 0.0788. The van der Waals surface area contributed by atoms with Gasteiger partial charge in [0.15, 0.2) is 5.78 Å². The number of Topliss-reactive ketones (excluding diaryl/α,β-unsaturated/α-hetero) is 1. The summed E-state index contributed by atoms with van der Waals surface area (Å²) in [5.74, 6) is -0.0788. The molecular formula is C20H16Cl3NO3. The number of alkyl halides is 3. The molecule has 0 bridgehead atoms. The fourth-order valence-electron chi connectivity index (χ4n) is 2.91. The van der Waals surface area contributed by atoms with Gasteiger partial charge >= 0.3 is 6.09 Å². The average molecular weight is 425 g/mol. The SMILES string of the molecule is O=C(CC1c2ccccc2C=CN1C(=O)OCC(Cl)(Cl)Cl)c1ccccc1. The van der Waals surface area contributed by atoms with Crippen LogP contribution < -0.4 is 0 Å². The zero-order chi connectivity index (χ0) is 19.4. The van der Waals surface area contributed by atoms with Crippen molar-refractivity contribution in [3.63, 3.8) is 0 Å². The second kappa shape index (κ2) is 8.34. The summed E-state index contributed by atoms with van der Waals surface area (Å²) in [6.07, 6.45) is 2.80. The second-order valence-corrected chi connectivity index (χ2v) is 8.55. The molecule has 0 N–H and O–H groups in total. The summed E-state index contributed by atoms with van der Waals surface area (Å²) in [4.78, 5) is 26.7. The number of hydrogen-bond acceptors (Lipinski definition) is 3. The summed E-state index contributed by atoms with van der Waals surface area (Å²) in [5.41, 5.74) is 2.38. The lowest BCUT2D eigenvalue weighted by Crippen LogP contribution is -2.35. The summed E-state index contributed by atoms with van der Waals surface area (Å²) in [6, 6.07) is 16.0. The monoisotopic (exact) mass is 423 g/mol. The molecule has 3 rings (SSSR count). The Morgan fingerprint density at radius 3 is 2.37 bits per heavy atom. The molecule has 140 valence electrons. The van der Waals surface area contributed by atoms with Gasteiger partial charge < -0.3 is 4.74 Å². The number of amides is 1. The third-order valence-corrected chi connectivity index (χ3v) is 4.48. The maximum Gasteiger partial charge on any atom is 0.414 e. The van der Waals surface area contributed by atoms with Crippen LogP contribution in [0.3, 0.4) is 0 Å². The predicted molar refractivity (Wildman–Crippen MR) is 107 cm³/mol. The third-order valence-electron chi connectivity index (χ3n) is 4.15. The molecule has 1 aliphatic rings. The Kier molecular flexibility index (Phi) is 6.10. The quantitative estimate of drug-likeness (QED) is 0.461. The first-order chi connectivity index (χ1) is 12.8. The van der Waals surface area contributed by atoms with Crippen molar-refractivity contribution in [1.82, 2.24) is 4.90 Å². The van der Waals surface area contributed by atoms with Crippen LogP contribution in [0.1, 0.15) is 33.9 Å². The first kappa shape index (κ1) is 19.7. The highest BCUT2D eigenvalue weighted by molar-refractivity contribution is 6.67. The summed E-state index contributed by atoms with van der Waals surface area (Å²) in [7, 11) is 0. The van der Waals surface area contributed by atoms with Crippen LogP contribution in [0, 0.1) is 0 Å². The molecule has 0 radical (unpaired) electrons. The zero-order valence-electron chi connectivity index (χ0n) is 14.1. The van der Waals surface area contributed by atoms with Gasteiger partial charge in [0.1, 0.15) is 6.61 Å². The van der Waals surface area contributed by atoms with Crippen LogP contribution in [0.5, 0.6) is 0 Å². The Morgan fingerprint density at radius 1 is 1.00 bits per heavy atom. The van der Waals surface area contributed by atoms with Gasteiger partial charge in [-0.3, -0.25) is 9.69 Å². The van der Waals surface area contributed by atoms with Crippen molar-refractivity contribution in [2.24, 2.45) is 0 Å². The van der Waals surface area contributed by atoms with Crippen LogP contribution in [-0.2, 0) is 4.74 Å². The molecule has 0 spiro atoms. The molecule has 1 unspecified atom stereocenters. The summed E-state index contributed by atoms with van der Waals surface area (Å²) < 4.78 is 3.40. The number of fused-ring (bicyclic) bond motifs is 1. The first-order valence-corrected chi connectivity index (χ1v) is 9.36. The maximum atomic E-state index is 12.7. The molecule has 0 saturated heterocycles. The third kappa shape index (κ3) is 5.04. The van der Waals surface area contributed by atoms with E-state index in [1.165, 1.54) is 4.90 Å². The van der Waals surface area contributed by atoms with Crippen molar-refractivity contribution in [3.8, 4) is 0 Å². The van der Waals surface area contributed by atoms with Crippen molar-refractivity contribution in [1.29, 1.82) is 0 Å². The summed E-state index contributed by atoms with van der Waals surface area (Å²) >= 11 is 17.0. The molecule has 0 fully saturated rings. The van der Waals surface area contributed by atoms with Gasteiger partial charge in [-0.05, 0) is 17.2 Å². The van der Waals surface area contributed by atoms with Gasteiger partial charge in [0.05, 0.1) is 6.04 Å². The first-order valence-electron chi connectivity index (χ1n) is 8.22. The molecule has 27 heavy (non-hydrogen) atoms. The average Bonchev–Trinajstić information content (AvgIpc) is 2.66. The van der Waals surface area contributed by atoms with Gasteiger partial charge in [-0.25, -0.2) is 4.79 Å². The molecule has 1 heterocycles. The number of ketones is 1. The van der Waals surface area contributed by atoms with E-state index in [2.05, 4.69) is 0 Å². The van der Waals surface area contributed by atoms with Crippen molar-refractivity contribution >= 4 is 52.8 Å². The number of benzene rings is 2. The van der Waals surface area contributed by atoms with Crippen molar-refractivity contribution < 1.29 is 14.3 Å². The lowest BCUT2D eigenvalue weighted by molar-refractivity contribution is 0.0886. The number of carbonyl (C=O) groups is 2. The van der Waals surface area contributed by atoms with Gasteiger partial charge in [0, 0.05) is 18.2 Å². The van der Waals surface area contributed by atoms with E-state index in [9.17, 15) is 9.59 Å². The molecule has 4 nitrogen and oxygen atoms in total. The van der Waals surface area contributed by atoms with Crippen LogP contribution >= 0.6 is 34.8 Å². The smallest absolute Gasteiger partial charge is 0.414 e. The van der Waals surface area contributed by atoms with E-state index in [0.717, 1.165) is 11.1 Å². The Bertz CT molecular complexity index is 862. The van der Waals surface area contributed by atoms with Gasteiger partial charge in [0.25, 0.3) is 0 Å². The van der Waals surface area contributed by atoms with E-state index in [1.54, 1.807) is 36.5 Å². The fourth-order valence-corrected chi connectivity index (χ4v) is 3.08. The molecule has 1 amide bonds. The van der Waals surface area contributed by atoms with E-state index in [0.29, 0.717) is 5.56 Å². The maximum absolute atomic E-state index is 12.7. The van der Waals surface area contributed by atoms with Crippen LogP contribution in [-0.4, -0.2) is 27.2 Å². The summed E-state index contributed by atoms with van der Waals surface area (Å²) in [6.45, 7) is -0.387. The molecule has 1 aliphatic heterocycles. The Labute approximate surface area is 172 Å². The van der Waals surface area contributed by atoms with Crippen molar-refractivity contribution in [2.75, 3.05) is 6.61 Å². The van der Waals surface area contributed by atoms with E-state index >= 15 is 0 Å². The van der Waals surface area contributed by atoms with E-state index in [-0.39, 0.29) is 18.8 Å². The molecule has 2 aromatic carbocycles. The largest absolute Gasteiger partial charge is 0.445 e. The van der Waals surface area contributed by atoms with Crippen molar-refractivity contribution in [2.45, 2.75) is 16.3 Å². The lowest BCUT2D eigenvalue weighted by Gasteiger charge is -2.32. The van der Waals surface area contributed by atoms with Gasteiger partial charge in [-0.1, -0.05) is 89.4 Å². The second-order valence-electron chi connectivity index (χ2n) is 6.03. The number of hydrogen-bond donors (Lipinski definition) is 0. The molecule has 0 saturated carbocycles. The zero-order valence-corrected chi connectivity index (χ0v) is 16.4. The van der Waals surface area contributed by atoms with E-state index < -0.39 is 15.9 Å². The van der Waals surface area contributed by atoms with Crippen LogP contribution in [0.2, 0.25) is 0 Å². The molecule has 0 aliphatic carbocycles. The van der Waals surface area contributed by atoms with E-state index in [1.807, 2.05) is 30.3 Å². The number of nitrogens with zero attached hydrogens (tertiary/aromatic N) is 1. The van der Waals surface area contributed by atoms with Gasteiger partial charge in [0.2, 0.25) is 3.79 Å². The summed E-state index contributed by atoms with van der Waals surface area (Å²) in [5, 5.41) is 0. The van der Waals surface area contributed by atoms with E-state index in [4.69, 9.17) is 39.5 Å². The Hall–Kier alpha value is -2.01. The Morgan fingerprint density at radius 2 is 1.67 bits per heavy atom. The minimum Gasteiger partial charge on any atom is -0.445 e. The predicted octanol–water partition coefficient (Wildman–Crippen LogP) is 5.79. The normalized spacial score (nSPS) is 16.0. The van der Waals surface area contributed by atoms with Gasteiger partial charge in [-0.2, -0.15) is 0 Å². The van der Waals surface area contributed by atoms with Crippen LogP contribution in [0.4, 0.5) is 4.79 Å². The van der Waals surface area contributed by atoms with Crippen LogP contribution in [0.15, 0.2) is 60.8 Å². The highest BCUT2D eigenvalue weighted by Crippen LogP contribution is 2.35. The molecule has 1 atom stereocenters. The topological polar surface area (TPSA) is 46.6 Å².